The molecule has 5 nitrogen and oxygen atoms in total. The molecule has 3 rings (SSSR count). The van der Waals surface area contributed by atoms with Crippen molar-refractivity contribution in [3.8, 4) is 0 Å². The van der Waals surface area contributed by atoms with Gasteiger partial charge in [0, 0.05) is 27.6 Å². The Bertz CT molecular complexity index is 857. The molecule has 2 unspecified atom stereocenters. The Labute approximate surface area is 206 Å². The summed E-state index contributed by atoms with van der Waals surface area (Å²) in [7, 11) is 0. The molecule has 3 heterocycles. The Morgan fingerprint density at radius 1 is 0.742 bits per heavy atom. The Balaban J connectivity index is 0.00000341. The van der Waals surface area contributed by atoms with Gasteiger partial charge in [-0.15, -0.1) is 0 Å². The van der Waals surface area contributed by atoms with Gasteiger partial charge in [0.1, 0.15) is 22.6 Å². The van der Waals surface area contributed by atoms with E-state index in [1.165, 1.54) is 0 Å². The minimum Gasteiger partial charge on any atom is -0.339 e. The van der Waals surface area contributed by atoms with Crippen molar-refractivity contribution in [2.45, 2.75) is 92.9 Å². The van der Waals surface area contributed by atoms with Crippen LogP contribution < -0.4 is 0 Å². The van der Waals surface area contributed by atoms with Crippen molar-refractivity contribution in [2.75, 3.05) is 0 Å². The van der Waals surface area contributed by atoms with E-state index in [0.717, 1.165) is 11.4 Å². The third-order valence-corrected chi connectivity index (χ3v) is 5.92. The van der Waals surface area contributed by atoms with Crippen molar-refractivity contribution in [2.24, 2.45) is 20.8 Å². The third kappa shape index (κ3) is 5.20. The Kier molecular flexibility index (Phi) is 7.22. The van der Waals surface area contributed by atoms with Crippen LogP contribution in [0.15, 0.2) is 16.1 Å². The van der Waals surface area contributed by atoms with E-state index < -0.39 is 23.7 Å². The largest absolute Gasteiger partial charge is 0.339 e. The molecular formula is C23H33Cl2CoN3O2. The van der Waals surface area contributed by atoms with Crippen LogP contribution in [-0.4, -0.2) is 27.6 Å². The van der Waals surface area contributed by atoms with Crippen LogP contribution in [0.4, 0.5) is 0 Å². The van der Waals surface area contributed by atoms with Gasteiger partial charge in [-0.3, -0.25) is 9.98 Å². The van der Waals surface area contributed by atoms with Gasteiger partial charge >= 0.3 is 0 Å². The first kappa shape index (κ1) is 26.7. The van der Waals surface area contributed by atoms with Gasteiger partial charge in [-0.25, -0.2) is 4.98 Å². The van der Waals surface area contributed by atoms with Crippen molar-refractivity contribution in [3.05, 3.63) is 27.5 Å². The molecule has 1 aromatic rings. The summed E-state index contributed by atoms with van der Waals surface area (Å²) in [6.07, 6.45) is -1.20. The smallest absolute Gasteiger partial charge is 0.193 e. The number of hydrogen-bond acceptors (Lipinski definition) is 5. The van der Waals surface area contributed by atoms with Crippen molar-refractivity contribution >= 4 is 34.6 Å². The quantitative estimate of drug-likeness (QED) is 0.429. The molecule has 31 heavy (non-hydrogen) atoms. The summed E-state index contributed by atoms with van der Waals surface area (Å²) in [6, 6.07) is 1.68. The van der Waals surface area contributed by atoms with Gasteiger partial charge in [-0.2, -0.15) is 0 Å². The molecule has 0 saturated heterocycles. The van der Waals surface area contributed by atoms with Crippen LogP contribution in [0.2, 0.25) is 10.0 Å². The molecule has 1 aromatic heterocycles. The Morgan fingerprint density at radius 2 is 1.06 bits per heavy atom. The van der Waals surface area contributed by atoms with E-state index in [4.69, 9.17) is 47.6 Å². The zero-order valence-corrected chi connectivity index (χ0v) is 22.5. The summed E-state index contributed by atoms with van der Waals surface area (Å²) < 4.78 is 12.5. The molecule has 0 N–H and O–H groups in total. The van der Waals surface area contributed by atoms with Crippen LogP contribution in [0.25, 0.3) is 0 Å². The maximum absolute atomic E-state index is 6.53. The van der Waals surface area contributed by atoms with E-state index in [0.29, 0.717) is 21.4 Å². The van der Waals surface area contributed by atoms with Crippen molar-refractivity contribution < 1.29 is 26.3 Å². The molecule has 2 aliphatic heterocycles. The van der Waals surface area contributed by atoms with E-state index in [9.17, 15) is 0 Å². The van der Waals surface area contributed by atoms with Gasteiger partial charge in [-0.05, 0) is 33.8 Å². The standard InChI is InChI=1S/C23H33Cl2N3O2.Co/c1-20(2,3)18-22(7,8)29-16(27-18)14-12(24)11-13(25)15(26-14)17-28-19(21(4,5)6)23(9,10)30-17;/h11,16-17H,1-10H3;. The predicted molar refractivity (Wildman–Crippen MR) is 124 cm³/mol. The third-order valence-electron chi connectivity index (χ3n) is 5.32. The molecule has 175 valence electrons. The van der Waals surface area contributed by atoms with E-state index in [-0.39, 0.29) is 27.6 Å². The zero-order valence-electron chi connectivity index (χ0n) is 20.0. The number of pyridine rings is 1. The maximum atomic E-state index is 6.53. The first-order valence-electron chi connectivity index (χ1n) is 10.3. The van der Waals surface area contributed by atoms with Crippen LogP contribution in [0, 0.1) is 10.8 Å². The molecule has 0 fully saturated rings. The van der Waals surface area contributed by atoms with Crippen LogP contribution in [0.1, 0.15) is 93.1 Å². The predicted octanol–water partition coefficient (Wildman–Crippen LogP) is 6.97. The van der Waals surface area contributed by atoms with Gasteiger partial charge in [-0.1, -0.05) is 64.7 Å². The summed E-state index contributed by atoms with van der Waals surface area (Å²) in [5.41, 5.74) is 1.71. The fourth-order valence-electron chi connectivity index (χ4n) is 4.54. The monoisotopic (exact) mass is 512 g/mol. The minimum absolute atomic E-state index is 0. The fraction of sp³-hybridized carbons (Fsp3) is 0.696. The summed E-state index contributed by atoms with van der Waals surface area (Å²) >= 11 is 13.1. The van der Waals surface area contributed by atoms with E-state index in [2.05, 4.69) is 41.5 Å². The molecule has 2 aliphatic rings. The summed E-state index contributed by atoms with van der Waals surface area (Å²) in [5.74, 6) is 0. The molecule has 2 atom stereocenters. The van der Waals surface area contributed by atoms with E-state index in [1.54, 1.807) is 6.07 Å². The number of rotatable bonds is 2. The first-order valence-corrected chi connectivity index (χ1v) is 11.1. The first-order chi connectivity index (χ1) is 13.4. The van der Waals surface area contributed by atoms with Gasteiger partial charge in [0.05, 0.1) is 21.5 Å². The van der Waals surface area contributed by atoms with Gasteiger partial charge in [0.15, 0.2) is 12.5 Å². The summed E-state index contributed by atoms with van der Waals surface area (Å²) in [6.45, 7) is 20.8. The van der Waals surface area contributed by atoms with E-state index in [1.807, 2.05) is 27.7 Å². The molecule has 0 saturated carbocycles. The molecular weight excluding hydrogens is 480 g/mol. The van der Waals surface area contributed by atoms with Crippen LogP contribution in [-0.2, 0) is 26.3 Å². The average molecular weight is 513 g/mol. The zero-order chi connectivity index (χ0) is 22.9. The second-order valence-corrected chi connectivity index (χ2v) is 12.0. The second kappa shape index (κ2) is 8.37. The molecule has 1 radical (unpaired) electrons. The van der Waals surface area contributed by atoms with Crippen molar-refractivity contribution in [1.29, 1.82) is 0 Å². The Hall–Kier alpha value is -0.504. The summed E-state index contributed by atoms with van der Waals surface area (Å²) in [4.78, 5) is 14.5. The Morgan fingerprint density at radius 3 is 1.32 bits per heavy atom. The molecule has 0 spiro atoms. The summed E-state index contributed by atoms with van der Waals surface area (Å²) in [5, 5.41) is 0.835. The number of aliphatic imine (C=N–C) groups is 2. The molecule has 0 aromatic carbocycles. The average Bonchev–Trinajstić information content (AvgIpc) is 3.02. The number of aromatic nitrogens is 1. The number of hydrogen-bond donors (Lipinski definition) is 0. The second-order valence-electron chi connectivity index (χ2n) is 11.1. The van der Waals surface area contributed by atoms with Crippen LogP contribution in [0.5, 0.6) is 0 Å². The van der Waals surface area contributed by atoms with Gasteiger partial charge in [0.2, 0.25) is 0 Å². The fourth-order valence-corrected chi connectivity index (χ4v) is 5.08. The molecule has 8 heteroatoms. The van der Waals surface area contributed by atoms with Crippen LogP contribution in [0.3, 0.4) is 0 Å². The molecule has 0 aliphatic carbocycles. The molecule has 0 amide bonds. The van der Waals surface area contributed by atoms with Gasteiger partial charge in [0.25, 0.3) is 0 Å². The number of nitrogens with zero attached hydrogens (tertiary/aromatic N) is 3. The molecule has 0 bridgehead atoms. The van der Waals surface area contributed by atoms with Crippen molar-refractivity contribution in [3.63, 3.8) is 0 Å². The SMILES string of the molecule is CC(C)(C)C1=NC(c2nc(C3N=C(C(C)(C)C)C(C)(C)O3)c(Cl)cc2Cl)OC1(C)C.[Co]. The number of ether oxygens (including phenoxy) is 2. The van der Waals surface area contributed by atoms with Crippen molar-refractivity contribution in [1.82, 2.24) is 4.98 Å². The van der Waals surface area contributed by atoms with Crippen LogP contribution >= 0.6 is 23.2 Å². The minimum atomic E-state index is -0.599. The number of halogens is 2. The van der Waals surface area contributed by atoms with Gasteiger partial charge < -0.3 is 9.47 Å². The normalized spacial score (nSPS) is 25.2. The maximum Gasteiger partial charge on any atom is 0.193 e. The van der Waals surface area contributed by atoms with E-state index >= 15 is 0 Å². The topological polar surface area (TPSA) is 56.1 Å².